The molecule has 2 aromatic heterocycles. The molecule has 0 saturated carbocycles. The maximum atomic E-state index is 13.0. The summed E-state index contributed by atoms with van der Waals surface area (Å²) in [6, 6.07) is 7.40. The van der Waals surface area contributed by atoms with Crippen molar-refractivity contribution in [3.63, 3.8) is 0 Å². The molecule has 1 aromatic carbocycles. The lowest BCUT2D eigenvalue weighted by atomic mass is 10.1. The van der Waals surface area contributed by atoms with E-state index < -0.39 is 11.7 Å². The van der Waals surface area contributed by atoms with E-state index in [2.05, 4.69) is 9.97 Å². The van der Waals surface area contributed by atoms with Crippen LogP contribution in [0.2, 0.25) is 0 Å². The molecule has 7 heteroatoms. The highest BCUT2D eigenvalue weighted by Gasteiger charge is 2.32. The van der Waals surface area contributed by atoms with Gasteiger partial charge in [-0.1, -0.05) is 30.0 Å². The van der Waals surface area contributed by atoms with E-state index in [1.165, 1.54) is 23.9 Å². The van der Waals surface area contributed by atoms with Gasteiger partial charge in [-0.05, 0) is 17.7 Å². The number of nitrogens with zero attached hydrogens (tertiary/aromatic N) is 3. The highest BCUT2D eigenvalue weighted by atomic mass is 32.2. The van der Waals surface area contributed by atoms with Gasteiger partial charge in [-0.25, -0.2) is 9.97 Å². The van der Waals surface area contributed by atoms with Crippen LogP contribution >= 0.6 is 11.8 Å². The molecule has 0 aliphatic rings. The first-order chi connectivity index (χ1) is 10.5. The average Bonchev–Trinajstić information content (AvgIpc) is 2.87. The smallest absolute Gasteiger partial charge is 0.332 e. The van der Waals surface area contributed by atoms with E-state index in [4.69, 9.17) is 0 Å². The predicted molar refractivity (Wildman–Crippen MR) is 79.5 cm³/mol. The van der Waals surface area contributed by atoms with E-state index in [0.29, 0.717) is 5.03 Å². The molecule has 3 nitrogen and oxygen atoms in total. The second kappa shape index (κ2) is 5.64. The Morgan fingerprint density at radius 2 is 1.91 bits per heavy atom. The minimum Gasteiger partial charge on any atom is -0.332 e. The molecule has 0 aliphatic carbocycles. The Hall–Kier alpha value is -2.02. The number of halogens is 3. The van der Waals surface area contributed by atoms with Crippen molar-refractivity contribution in [1.29, 1.82) is 0 Å². The number of pyridine rings is 1. The summed E-state index contributed by atoms with van der Waals surface area (Å²) < 4.78 is 40.8. The summed E-state index contributed by atoms with van der Waals surface area (Å²) in [5.74, 6) is 0.201. The van der Waals surface area contributed by atoms with Crippen LogP contribution in [-0.2, 0) is 19.0 Å². The average molecular weight is 323 g/mol. The Morgan fingerprint density at radius 1 is 1.14 bits per heavy atom. The molecular formula is C15H12F3N3S. The number of aromatic nitrogens is 3. The molecule has 0 fully saturated rings. The molecule has 2 heterocycles. The summed E-state index contributed by atoms with van der Waals surface area (Å²) in [5.41, 5.74) is 1.27. The molecule has 22 heavy (non-hydrogen) atoms. The van der Waals surface area contributed by atoms with E-state index in [9.17, 15) is 13.2 Å². The summed E-state index contributed by atoms with van der Waals surface area (Å²) in [6.07, 6.45) is -1.06. The van der Waals surface area contributed by atoms with Crippen LogP contribution in [0.25, 0.3) is 11.0 Å². The Morgan fingerprint density at radius 3 is 2.68 bits per heavy atom. The molecule has 0 saturated heterocycles. The van der Waals surface area contributed by atoms with E-state index >= 15 is 0 Å². The molecule has 0 unspecified atom stereocenters. The van der Waals surface area contributed by atoms with Gasteiger partial charge in [0.1, 0.15) is 10.5 Å². The number of hydrogen-bond acceptors (Lipinski definition) is 3. The first-order valence-corrected chi connectivity index (χ1v) is 7.49. The van der Waals surface area contributed by atoms with Crippen molar-refractivity contribution in [3.8, 4) is 0 Å². The SMILES string of the molecule is Cn1cnc2ccnc(SCc3ccccc3C(F)(F)F)c21. The molecule has 0 aliphatic heterocycles. The lowest BCUT2D eigenvalue weighted by Gasteiger charge is -2.12. The van der Waals surface area contributed by atoms with Gasteiger partial charge >= 0.3 is 6.18 Å². The fraction of sp³-hybridized carbons (Fsp3) is 0.200. The summed E-state index contributed by atoms with van der Waals surface area (Å²) in [4.78, 5) is 8.49. The minimum absolute atomic E-state index is 0.201. The van der Waals surface area contributed by atoms with Crippen molar-refractivity contribution in [2.75, 3.05) is 0 Å². The Labute approximate surface area is 129 Å². The standard InChI is InChI=1S/C15H12F3N3S/c1-21-9-20-12-6-7-19-14(13(12)21)22-8-10-4-2-3-5-11(10)15(16,17)18/h2-7,9H,8H2,1H3. The minimum atomic E-state index is -4.34. The van der Waals surface area contributed by atoms with Gasteiger partial charge in [0.15, 0.2) is 0 Å². The van der Waals surface area contributed by atoms with Crippen LogP contribution in [-0.4, -0.2) is 14.5 Å². The molecule has 0 bridgehead atoms. The number of fused-ring (bicyclic) bond motifs is 1. The third-order valence-corrected chi connectivity index (χ3v) is 4.31. The van der Waals surface area contributed by atoms with Crippen molar-refractivity contribution >= 4 is 22.8 Å². The van der Waals surface area contributed by atoms with Gasteiger partial charge in [-0.15, -0.1) is 0 Å². The fourth-order valence-electron chi connectivity index (χ4n) is 2.24. The highest BCUT2D eigenvalue weighted by molar-refractivity contribution is 7.98. The lowest BCUT2D eigenvalue weighted by Crippen LogP contribution is -2.08. The number of hydrogen-bond donors (Lipinski definition) is 0. The van der Waals surface area contributed by atoms with Gasteiger partial charge in [0.2, 0.25) is 0 Å². The van der Waals surface area contributed by atoms with Crippen molar-refractivity contribution < 1.29 is 13.2 Å². The quantitative estimate of drug-likeness (QED) is 0.674. The van der Waals surface area contributed by atoms with Gasteiger partial charge in [0, 0.05) is 19.0 Å². The summed E-state index contributed by atoms with van der Waals surface area (Å²) in [7, 11) is 1.84. The first-order valence-electron chi connectivity index (χ1n) is 6.51. The normalized spacial score (nSPS) is 12.0. The van der Waals surface area contributed by atoms with E-state index in [1.54, 1.807) is 24.7 Å². The van der Waals surface area contributed by atoms with Crippen LogP contribution in [0.1, 0.15) is 11.1 Å². The zero-order chi connectivity index (χ0) is 15.7. The summed E-state index contributed by atoms with van der Waals surface area (Å²) in [5, 5.41) is 0.675. The molecule has 0 radical (unpaired) electrons. The number of rotatable bonds is 3. The van der Waals surface area contributed by atoms with Gasteiger partial charge in [-0.2, -0.15) is 13.2 Å². The largest absolute Gasteiger partial charge is 0.416 e. The van der Waals surface area contributed by atoms with E-state index in [-0.39, 0.29) is 11.3 Å². The predicted octanol–water partition coefficient (Wildman–Crippen LogP) is 4.28. The Balaban J connectivity index is 1.91. The van der Waals surface area contributed by atoms with Crippen molar-refractivity contribution in [3.05, 3.63) is 54.0 Å². The van der Waals surface area contributed by atoms with Crippen molar-refractivity contribution in [1.82, 2.24) is 14.5 Å². The number of aryl methyl sites for hydroxylation is 1. The maximum Gasteiger partial charge on any atom is 0.416 e. The number of imidazole rings is 1. The molecular weight excluding hydrogens is 311 g/mol. The van der Waals surface area contributed by atoms with Crippen LogP contribution in [0, 0.1) is 0 Å². The number of thioether (sulfide) groups is 1. The van der Waals surface area contributed by atoms with Crippen LogP contribution in [0.5, 0.6) is 0 Å². The molecule has 3 aromatic rings. The molecule has 3 rings (SSSR count). The van der Waals surface area contributed by atoms with Crippen molar-refractivity contribution in [2.24, 2.45) is 7.05 Å². The van der Waals surface area contributed by atoms with Crippen LogP contribution in [0.3, 0.4) is 0 Å². The Kier molecular flexibility index (Phi) is 3.82. The van der Waals surface area contributed by atoms with E-state index in [0.717, 1.165) is 17.1 Å². The van der Waals surface area contributed by atoms with Gasteiger partial charge < -0.3 is 4.57 Å². The van der Waals surface area contributed by atoms with Gasteiger partial charge in [0.25, 0.3) is 0 Å². The zero-order valence-corrected chi connectivity index (χ0v) is 12.4. The van der Waals surface area contributed by atoms with Crippen LogP contribution in [0.4, 0.5) is 13.2 Å². The maximum absolute atomic E-state index is 13.0. The fourth-order valence-corrected chi connectivity index (χ4v) is 3.31. The highest BCUT2D eigenvalue weighted by Crippen LogP contribution is 2.35. The topological polar surface area (TPSA) is 30.7 Å². The third kappa shape index (κ3) is 2.81. The summed E-state index contributed by atoms with van der Waals surface area (Å²) >= 11 is 1.28. The molecule has 0 spiro atoms. The molecule has 114 valence electrons. The molecule has 0 atom stereocenters. The van der Waals surface area contributed by atoms with E-state index in [1.807, 2.05) is 11.6 Å². The molecule has 0 N–H and O–H groups in total. The second-order valence-electron chi connectivity index (χ2n) is 4.78. The number of benzene rings is 1. The summed E-state index contributed by atoms with van der Waals surface area (Å²) in [6.45, 7) is 0. The van der Waals surface area contributed by atoms with Crippen molar-refractivity contribution in [2.45, 2.75) is 17.0 Å². The third-order valence-electron chi connectivity index (χ3n) is 3.28. The van der Waals surface area contributed by atoms with Crippen LogP contribution < -0.4 is 0 Å². The second-order valence-corrected chi connectivity index (χ2v) is 5.75. The van der Waals surface area contributed by atoms with Gasteiger partial charge in [-0.3, -0.25) is 0 Å². The lowest BCUT2D eigenvalue weighted by molar-refractivity contribution is -0.138. The van der Waals surface area contributed by atoms with Crippen LogP contribution in [0.15, 0.2) is 47.9 Å². The number of alkyl halides is 3. The molecule has 0 amide bonds. The zero-order valence-electron chi connectivity index (χ0n) is 11.6. The Bertz CT molecular complexity index is 811. The first kappa shape index (κ1) is 14.9. The monoisotopic (exact) mass is 323 g/mol. The van der Waals surface area contributed by atoms with Gasteiger partial charge in [0.05, 0.1) is 17.4 Å².